The quantitative estimate of drug-likeness (QED) is 0.376. The molecule has 2 fully saturated rings. The zero-order valence-corrected chi connectivity index (χ0v) is 24.0. The van der Waals surface area contributed by atoms with Crippen LogP contribution in [-0.2, 0) is 25.1 Å². The molecule has 1 aliphatic heterocycles. The molecule has 2 atom stereocenters. The number of rotatable bonds is 7. The van der Waals surface area contributed by atoms with Crippen molar-refractivity contribution in [2.45, 2.75) is 147 Å². The van der Waals surface area contributed by atoms with E-state index in [0.29, 0.717) is 0 Å². The Balaban J connectivity index is 2.34. The van der Waals surface area contributed by atoms with Crippen LogP contribution in [-0.4, -0.2) is 47.5 Å². The molecule has 31 heavy (non-hydrogen) atoms. The molecule has 1 N–H and O–H groups in total. The Kier molecular flexibility index (Phi) is 7.94. The van der Waals surface area contributed by atoms with Crippen molar-refractivity contribution < 1.29 is 18.3 Å². The van der Waals surface area contributed by atoms with Crippen LogP contribution in [0.2, 0.25) is 18.1 Å². The summed E-state index contributed by atoms with van der Waals surface area (Å²) in [5, 5.41) is 0.143. The topological polar surface area (TPSA) is 62.8 Å². The minimum atomic E-state index is -1.97. The van der Waals surface area contributed by atoms with E-state index < -0.39 is 38.0 Å². The molecule has 1 saturated heterocycles. The highest BCUT2D eigenvalue weighted by Gasteiger charge is 2.57. The molecule has 0 amide bonds. The lowest BCUT2D eigenvalue weighted by Crippen LogP contribution is -2.57. The van der Waals surface area contributed by atoms with Gasteiger partial charge in [-0.15, -0.1) is 4.72 Å². The SMILES string of the molecule is CC(C)(C)[S+]([O-])N[C@@H](CC1(O[Si](C)(C)C(C)(C)C)CCCC1)B1OC(C)(C)C(C)(C)O1. The second-order valence-corrected chi connectivity index (χ2v) is 19.9. The van der Waals surface area contributed by atoms with Crippen LogP contribution in [0.3, 0.4) is 0 Å². The van der Waals surface area contributed by atoms with Gasteiger partial charge in [-0.2, -0.15) is 0 Å². The first-order valence-corrected chi connectivity index (χ1v) is 16.0. The van der Waals surface area contributed by atoms with Crippen molar-refractivity contribution >= 4 is 26.8 Å². The molecule has 0 radical (unpaired) electrons. The van der Waals surface area contributed by atoms with Crippen molar-refractivity contribution in [2.24, 2.45) is 0 Å². The van der Waals surface area contributed by atoms with Crippen molar-refractivity contribution in [3.05, 3.63) is 0 Å². The maximum atomic E-state index is 13.1. The summed E-state index contributed by atoms with van der Waals surface area (Å²) in [4.78, 5) is 0. The van der Waals surface area contributed by atoms with Crippen molar-refractivity contribution in [1.29, 1.82) is 0 Å². The highest BCUT2D eigenvalue weighted by Crippen LogP contribution is 2.47. The zero-order chi connectivity index (χ0) is 24.1. The van der Waals surface area contributed by atoms with Gasteiger partial charge in [-0.05, 0) is 85.9 Å². The average Bonchev–Trinajstić information content (AvgIpc) is 3.06. The highest BCUT2D eigenvalue weighted by molar-refractivity contribution is 7.90. The Bertz CT molecular complexity index is 608. The first kappa shape index (κ1) is 27.7. The maximum absolute atomic E-state index is 13.1. The molecule has 2 rings (SSSR count). The average molecular weight is 474 g/mol. The fraction of sp³-hybridized carbons (Fsp3) is 1.00. The molecule has 8 heteroatoms. The van der Waals surface area contributed by atoms with Crippen molar-refractivity contribution in [2.75, 3.05) is 0 Å². The Hall–Kier alpha value is 0.432. The Morgan fingerprint density at radius 3 is 1.84 bits per heavy atom. The van der Waals surface area contributed by atoms with Crippen LogP contribution >= 0.6 is 0 Å². The Morgan fingerprint density at radius 2 is 1.45 bits per heavy atom. The summed E-state index contributed by atoms with van der Waals surface area (Å²) in [5.74, 6) is -0.205. The standard InChI is InChI=1S/C23H48BNO4SSi/c1-19(2,3)30(26)25-18(24-27-21(7,8)22(9,10)28-24)17-23(15-13-14-16-23)29-31(11,12)20(4,5)6/h18,25H,13-17H2,1-12H3/t18-,30?/m0/s1. The van der Waals surface area contributed by atoms with Crippen LogP contribution in [0.4, 0.5) is 0 Å². The van der Waals surface area contributed by atoms with E-state index in [-0.39, 0.29) is 21.3 Å². The highest BCUT2D eigenvalue weighted by atomic mass is 32.2. The van der Waals surface area contributed by atoms with E-state index in [1.54, 1.807) is 0 Å². The molecule has 0 aromatic carbocycles. The summed E-state index contributed by atoms with van der Waals surface area (Å²) >= 11 is -1.23. The molecular formula is C23H48BNO4SSi. The fourth-order valence-electron chi connectivity index (χ4n) is 4.02. The van der Waals surface area contributed by atoms with Crippen molar-refractivity contribution in [3.63, 3.8) is 0 Å². The van der Waals surface area contributed by atoms with E-state index in [2.05, 4.69) is 66.3 Å². The lowest BCUT2D eigenvalue weighted by Gasteiger charge is -2.45. The molecule has 2 aliphatic rings. The van der Waals surface area contributed by atoms with Gasteiger partial charge < -0.3 is 18.3 Å². The zero-order valence-electron chi connectivity index (χ0n) is 22.2. The van der Waals surface area contributed by atoms with Gasteiger partial charge in [0.25, 0.3) is 0 Å². The van der Waals surface area contributed by atoms with Crippen LogP contribution < -0.4 is 4.72 Å². The minimum Gasteiger partial charge on any atom is -0.598 e. The first-order valence-electron chi connectivity index (χ1n) is 12.0. The van der Waals surface area contributed by atoms with Gasteiger partial charge in [0.15, 0.2) is 8.32 Å². The minimum absolute atomic E-state index is 0.143. The molecule has 1 unspecified atom stereocenters. The largest absolute Gasteiger partial charge is 0.598 e. The molecular weight excluding hydrogens is 425 g/mol. The van der Waals surface area contributed by atoms with E-state index in [1.165, 1.54) is 12.8 Å². The number of nitrogens with one attached hydrogen (secondary N) is 1. The molecule has 0 aromatic heterocycles. The Labute approximate surface area is 196 Å². The van der Waals surface area contributed by atoms with Crippen LogP contribution in [0.1, 0.15) is 101 Å². The monoisotopic (exact) mass is 473 g/mol. The van der Waals surface area contributed by atoms with Gasteiger partial charge in [-0.3, -0.25) is 0 Å². The molecule has 1 aliphatic carbocycles. The van der Waals surface area contributed by atoms with Gasteiger partial charge in [0.1, 0.15) is 4.75 Å². The van der Waals surface area contributed by atoms with Gasteiger partial charge in [-0.25, -0.2) is 0 Å². The lowest BCUT2D eigenvalue weighted by molar-refractivity contribution is 0.00578. The number of hydrogen-bond donors (Lipinski definition) is 1. The Morgan fingerprint density at radius 1 is 1.00 bits per heavy atom. The van der Waals surface area contributed by atoms with Gasteiger partial charge in [-0.1, -0.05) is 33.6 Å². The molecule has 0 aromatic rings. The number of hydrogen-bond acceptors (Lipinski definition) is 5. The predicted octanol–water partition coefficient (Wildman–Crippen LogP) is 5.76. The third-order valence-corrected chi connectivity index (χ3v) is 14.0. The molecule has 1 saturated carbocycles. The first-order chi connectivity index (χ1) is 13.7. The van der Waals surface area contributed by atoms with Crippen LogP contribution in [0.15, 0.2) is 0 Å². The van der Waals surface area contributed by atoms with E-state index in [9.17, 15) is 4.55 Å². The van der Waals surface area contributed by atoms with Crippen LogP contribution in [0.5, 0.6) is 0 Å². The van der Waals surface area contributed by atoms with E-state index >= 15 is 0 Å². The molecule has 182 valence electrons. The van der Waals surface area contributed by atoms with Gasteiger partial charge >= 0.3 is 7.12 Å². The second-order valence-electron chi connectivity index (χ2n) is 13.2. The third-order valence-electron chi connectivity index (χ3n) is 7.80. The maximum Gasteiger partial charge on any atom is 0.480 e. The van der Waals surface area contributed by atoms with Crippen molar-refractivity contribution in [3.8, 4) is 0 Å². The smallest absolute Gasteiger partial charge is 0.480 e. The second kappa shape index (κ2) is 8.90. The molecule has 5 nitrogen and oxygen atoms in total. The predicted molar refractivity (Wildman–Crippen MR) is 135 cm³/mol. The molecule has 0 spiro atoms. The molecule has 1 heterocycles. The van der Waals surface area contributed by atoms with Crippen LogP contribution in [0.25, 0.3) is 0 Å². The summed E-state index contributed by atoms with van der Waals surface area (Å²) < 4.78 is 36.1. The van der Waals surface area contributed by atoms with E-state index in [4.69, 9.17) is 13.7 Å². The lowest BCUT2D eigenvalue weighted by atomic mass is 9.72. The summed E-state index contributed by atoms with van der Waals surface area (Å²) in [7, 11) is -2.43. The third kappa shape index (κ3) is 6.31. The van der Waals surface area contributed by atoms with Crippen molar-refractivity contribution in [1.82, 2.24) is 4.72 Å². The molecule has 0 bridgehead atoms. The fourth-order valence-corrected chi connectivity index (χ4v) is 6.52. The van der Waals surface area contributed by atoms with Gasteiger partial charge in [0.05, 0.1) is 22.7 Å². The normalized spacial score (nSPS) is 25.6. The van der Waals surface area contributed by atoms with Crippen LogP contribution in [0, 0.1) is 0 Å². The summed E-state index contributed by atoms with van der Waals surface area (Å²) in [6, 6.07) is 0. The van der Waals surface area contributed by atoms with E-state index in [1.807, 2.05) is 20.8 Å². The van der Waals surface area contributed by atoms with Gasteiger partial charge in [0, 0.05) is 11.4 Å². The van der Waals surface area contributed by atoms with E-state index in [0.717, 1.165) is 19.3 Å². The summed E-state index contributed by atoms with van der Waals surface area (Å²) in [5.41, 5.74) is -1.07. The summed E-state index contributed by atoms with van der Waals surface area (Å²) in [6.07, 6.45) is 5.18. The van der Waals surface area contributed by atoms with Gasteiger partial charge in [0.2, 0.25) is 0 Å². The summed E-state index contributed by atoms with van der Waals surface area (Å²) in [6.45, 7) is 25.8.